The fourth-order valence-corrected chi connectivity index (χ4v) is 3.69. The highest BCUT2D eigenvalue weighted by atomic mass is 35.5. The number of halogens is 2. The van der Waals surface area contributed by atoms with Gasteiger partial charge in [0.05, 0.1) is 16.4 Å². The van der Waals surface area contributed by atoms with Crippen molar-refractivity contribution >= 4 is 23.2 Å². The lowest BCUT2D eigenvalue weighted by molar-refractivity contribution is 0.362. The molecular weight excluding hydrogens is 305 g/mol. The van der Waals surface area contributed by atoms with E-state index in [4.69, 9.17) is 23.2 Å². The minimum absolute atomic E-state index is 0.172. The number of hydrogen-bond acceptors (Lipinski definition) is 2. The zero-order valence-corrected chi connectivity index (χ0v) is 13.5. The van der Waals surface area contributed by atoms with E-state index in [-0.39, 0.29) is 6.04 Å². The van der Waals surface area contributed by atoms with Crippen LogP contribution >= 0.6 is 23.2 Å². The second kappa shape index (κ2) is 6.39. The van der Waals surface area contributed by atoms with Gasteiger partial charge in [-0.05, 0) is 37.8 Å². The Morgan fingerprint density at radius 2 is 2.19 bits per heavy atom. The van der Waals surface area contributed by atoms with Crippen molar-refractivity contribution in [2.75, 3.05) is 0 Å². The molecule has 1 saturated carbocycles. The molecule has 1 heterocycles. The van der Waals surface area contributed by atoms with Crippen LogP contribution in [0.2, 0.25) is 10.0 Å². The second-order valence-corrected chi connectivity index (χ2v) is 6.43. The van der Waals surface area contributed by atoms with Gasteiger partial charge in [0.1, 0.15) is 0 Å². The van der Waals surface area contributed by atoms with Crippen molar-refractivity contribution in [1.29, 1.82) is 0 Å². The maximum absolute atomic E-state index is 6.32. The van der Waals surface area contributed by atoms with Crippen LogP contribution in [0.15, 0.2) is 36.9 Å². The van der Waals surface area contributed by atoms with Gasteiger partial charge in [0.15, 0.2) is 0 Å². The van der Waals surface area contributed by atoms with Crippen LogP contribution < -0.4 is 5.32 Å². The van der Waals surface area contributed by atoms with Gasteiger partial charge in [0.25, 0.3) is 0 Å². The van der Waals surface area contributed by atoms with Gasteiger partial charge in [-0.3, -0.25) is 0 Å². The van der Waals surface area contributed by atoms with Crippen molar-refractivity contribution in [3.63, 3.8) is 0 Å². The summed E-state index contributed by atoms with van der Waals surface area (Å²) in [6.45, 7) is 2.14. The highest BCUT2D eigenvalue weighted by molar-refractivity contribution is 6.42. The van der Waals surface area contributed by atoms with Gasteiger partial charge in [-0.2, -0.15) is 0 Å². The lowest BCUT2D eigenvalue weighted by Crippen LogP contribution is -2.35. The standard InChI is InChI=1S/C16H19Cl2N3/c1-11(12-4-2-5-13(17)16(12)18)20-14-6-3-7-15(14)21-9-8-19-10-21/h2,4-5,8-11,14-15,20H,3,6-7H2,1H3. The first-order valence-electron chi connectivity index (χ1n) is 7.34. The van der Waals surface area contributed by atoms with Crippen LogP contribution in [0.1, 0.15) is 43.8 Å². The largest absolute Gasteiger partial charge is 0.333 e. The van der Waals surface area contributed by atoms with Crippen molar-refractivity contribution in [1.82, 2.24) is 14.9 Å². The van der Waals surface area contributed by atoms with Crippen LogP contribution in [0.4, 0.5) is 0 Å². The molecule has 3 atom stereocenters. The average Bonchev–Trinajstić information content (AvgIpc) is 3.12. The lowest BCUT2D eigenvalue weighted by Gasteiger charge is -2.26. The van der Waals surface area contributed by atoms with Crippen LogP contribution in [0.3, 0.4) is 0 Å². The van der Waals surface area contributed by atoms with Crippen molar-refractivity contribution in [3.8, 4) is 0 Å². The Labute approximate surface area is 135 Å². The maximum Gasteiger partial charge on any atom is 0.0949 e. The zero-order chi connectivity index (χ0) is 14.8. The van der Waals surface area contributed by atoms with E-state index in [1.54, 1.807) is 0 Å². The lowest BCUT2D eigenvalue weighted by atomic mass is 10.1. The van der Waals surface area contributed by atoms with Gasteiger partial charge in [-0.1, -0.05) is 35.3 Å². The molecule has 1 N–H and O–H groups in total. The molecule has 0 amide bonds. The molecule has 3 nitrogen and oxygen atoms in total. The average molecular weight is 324 g/mol. The summed E-state index contributed by atoms with van der Waals surface area (Å²) in [6, 6.07) is 6.88. The first-order chi connectivity index (χ1) is 10.2. The topological polar surface area (TPSA) is 29.9 Å². The Hall–Kier alpha value is -1.03. The van der Waals surface area contributed by atoms with Crippen molar-refractivity contribution in [3.05, 3.63) is 52.5 Å². The Bertz CT molecular complexity index is 598. The van der Waals surface area contributed by atoms with Gasteiger partial charge in [-0.15, -0.1) is 0 Å². The molecule has 0 saturated heterocycles. The third-order valence-corrected chi connectivity index (χ3v) is 5.13. The van der Waals surface area contributed by atoms with Crippen LogP contribution in [0.5, 0.6) is 0 Å². The van der Waals surface area contributed by atoms with Crippen molar-refractivity contribution < 1.29 is 0 Å². The van der Waals surface area contributed by atoms with E-state index in [9.17, 15) is 0 Å². The second-order valence-electron chi connectivity index (χ2n) is 5.65. The Kier molecular flexibility index (Phi) is 4.53. The summed E-state index contributed by atoms with van der Waals surface area (Å²) < 4.78 is 2.21. The number of hydrogen-bond donors (Lipinski definition) is 1. The molecule has 1 aromatic heterocycles. The first-order valence-corrected chi connectivity index (χ1v) is 8.10. The van der Waals surface area contributed by atoms with Gasteiger partial charge in [-0.25, -0.2) is 4.98 Å². The Morgan fingerprint density at radius 1 is 1.33 bits per heavy atom. The molecule has 2 aromatic rings. The van der Waals surface area contributed by atoms with Gasteiger partial charge < -0.3 is 9.88 Å². The maximum atomic E-state index is 6.32. The van der Waals surface area contributed by atoms with Crippen LogP contribution in [-0.2, 0) is 0 Å². The molecule has 1 aliphatic carbocycles. The van der Waals surface area contributed by atoms with Crippen molar-refractivity contribution in [2.45, 2.75) is 44.3 Å². The van der Waals surface area contributed by atoms with E-state index in [0.29, 0.717) is 22.1 Å². The molecule has 5 heteroatoms. The van der Waals surface area contributed by atoms with E-state index >= 15 is 0 Å². The van der Waals surface area contributed by atoms with Crippen LogP contribution in [-0.4, -0.2) is 15.6 Å². The first kappa shape index (κ1) is 14.9. The summed E-state index contributed by atoms with van der Waals surface area (Å²) in [5.41, 5.74) is 1.06. The summed E-state index contributed by atoms with van der Waals surface area (Å²) in [5.74, 6) is 0. The molecule has 3 unspecified atom stereocenters. The summed E-state index contributed by atoms with van der Waals surface area (Å²) in [7, 11) is 0. The van der Waals surface area contributed by atoms with Crippen LogP contribution in [0.25, 0.3) is 0 Å². The number of benzene rings is 1. The Morgan fingerprint density at radius 3 is 2.95 bits per heavy atom. The van der Waals surface area contributed by atoms with Gasteiger partial charge in [0, 0.05) is 30.5 Å². The molecule has 1 aliphatic rings. The molecule has 112 valence electrons. The molecule has 1 aromatic carbocycles. The predicted molar refractivity (Wildman–Crippen MR) is 86.9 cm³/mol. The van der Waals surface area contributed by atoms with E-state index in [1.807, 2.05) is 36.9 Å². The third-order valence-electron chi connectivity index (χ3n) is 4.30. The molecule has 0 bridgehead atoms. The highest BCUT2D eigenvalue weighted by Gasteiger charge is 2.29. The molecule has 3 rings (SSSR count). The molecule has 1 fully saturated rings. The van der Waals surface area contributed by atoms with E-state index in [1.165, 1.54) is 19.3 Å². The molecule has 21 heavy (non-hydrogen) atoms. The fourth-order valence-electron chi connectivity index (χ4n) is 3.22. The van der Waals surface area contributed by atoms with E-state index < -0.39 is 0 Å². The molecular formula is C16H19Cl2N3. The molecule has 0 aliphatic heterocycles. The highest BCUT2D eigenvalue weighted by Crippen LogP contribution is 2.34. The monoisotopic (exact) mass is 323 g/mol. The predicted octanol–water partition coefficient (Wildman–Crippen LogP) is 4.63. The van der Waals surface area contributed by atoms with E-state index in [2.05, 4.69) is 21.8 Å². The van der Waals surface area contributed by atoms with Crippen molar-refractivity contribution in [2.24, 2.45) is 0 Å². The number of rotatable bonds is 4. The number of nitrogens with one attached hydrogen (secondary N) is 1. The molecule has 0 radical (unpaired) electrons. The summed E-state index contributed by atoms with van der Waals surface area (Å²) >= 11 is 12.4. The minimum Gasteiger partial charge on any atom is -0.333 e. The molecule has 0 spiro atoms. The SMILES string of the molecule is CC(NC1CCCC1n1ccnc1)c1cccc(Cl)c1Cl. The number of imidazole rings is 1. The minimum atomic E-state index is 0.172. The fraction of sp³-hybridized carbons (Fsp3) is 0.438. The number of aromatic nitrogens is 2. The van der Waals surface area contributed by atoms with Gasteiger partial charge in [0.2, 0.25) is 0 Å². The summed E-state index contributed by atoms with van der Waals surface area (Å²) in [5, 5.41) is 4.97. The van der Waals surface area contributed by atoms with Gasteiger partial charge >= 0.3 is 0 Å². The smallest absolute Gasteiger partial charge is 0.0949 e. The number of nitrogens with zero attached hydrogens (tertiary/aromatic N) is 2. The quantitative estimate of drug-likeness (QED) is 0.888. The van der Waals surface area contributed by atoms with Crippen LogP contribution in [0, 0.1) is 0 Å². The normalized spacial score (nSPS) is 23.4. The van der Waals surface area contributed by atoms with E-state index in [0.717, 1.165) is 5.56 Å². The Balaban J connectivity index is 1.75. The summed E-state index contributed by atoms with van der Waals surface area (Å²) in [4.78, 5) is 4.16. The third kappa shape index (κ3) is 3.10. The zero-order valence-electron chi connectivity index (χ0n) is 12.0. The summed E-state index contributed by atoms with van der Waals surface area (Å²) in [6.07, 6.45) is 9.38.